The lowest BCUT2D eigenvalue weighted by atomic mass is 9.65. The molecule has 0 saturated heterocycles. The van der Waals surface area contributed by atoms with Crippen LogP contribution >= 0.6 is 0 Å². The van der Waals surface area contributed by atoms with Gasteiger partial charge in [-0.2, -0.15) is 0 Å². The molecular formula is C17H27N. The van der Waals surface area contributed by atoms with E-state index < -0.39 is 0 Å². The fourth-order valence-corrected chi connectivity index (χ4v) is 2.94. The normalized spacial score (nSPS) is 17.8. The van der Waals surface area contributed by atoms with Crippen LogP contribution in [0.15, 0.2) is 24.3 Å². The van der Waals surface area contributed by atoms with Gasteiger partial charge in [-0.25, -0.2) is 0 Å². The molecule has 1 aliphatic carbocycles. The quantitative estimate of drug-likeness (QED) is 0.794. The van der Waals surface area contributed by atoms with Crippen LogP contribution in [0, 0.1) is 5.41 Å². The van der Waals surface area contributed by atoms with Gasteiger partial charge in [0.1, 0.15) is 0 Å². The summed E-state index contributed by atoms with van der Waals surface area (Å²) < 4.78 is 0. The molecule has 0 amide bonds. The van der Waals surface area contributed by atoms with Crippen molar-refractivity contribution in [2.24, 2.45) is 5.41 Å². The van der Waals surface area contributed by atoms with Gasteiger partial charge in [-0.3, -0.25) is 0 Å². The van der Waals surface area contributed by atoms with E-state index in [1.165, 1.54) is 43.4 Å². The van der Waals surface area contributed by atoms with Gasteiger partial charge in [-0.15, -0.1) is 0 Å². The highest BCUT2D eigenvalue weighted by atomic mass is 14.9. The van der Waals surface area contributed by atoms with Gasteiger partial charge in [0.15, 0.2) is 0 Å². The minimum atomic E-state index is 0.551. The van der Waals surface area contributed by atoms with Crippen LogP contribution in [0.1, 0.15) is 57.1 Å². The smallest absolute Gasteiger partial charge is 0.00109 e. The lowest BCUT2D eigenvalue weighted by molar-refractivity contribution is 0.131. The first kappa shape index (κ1) is 13.6. The summed E-state index contributed by atoms with van der Waals surface area (Å²) in [6.07, 6.45) is 5.45. The highest BCUT2D eigenvalue weighted by molar-refractivity contribution is 5.26. The highest BCUT2D eigenvalue weighted by Gasteiger charge is 2.36. The van der Waals surface area contributed by atoms with E-state index in [4.69, 9.17) is 0 Å². The van der Waals surface area contributed by atoms with Gasteiger partial charge in [-0.05, 0) is 48.3 Å². The van der Waals surface area contributed by atoms with Crippen molar-refractivity contribution in [1.29, 1.82) is 0 Å². The summed E-state index contributed by atoms with van der Waals surface area (Å²) in [6, 6.07) is 9.28. The Morgan fingerprint density at radius 1 is 1.17 bits per heavy atom. The molecule has 1 aliphatic rings. The summed E-state index contributed by atoms with van der Waals surface area (Å²) >= 11 is 0. The third-order valence-corrected chi connectivity index (χ3v) is 4.39. The van der Waals surface area contributed by atoms with Gasteiger partial charge in [0, 0.05) is 6.54 Å². The summed E-state index contributed by atoms with van der Waals surface area (Å²) in [5.41, 5.74) is 3.51. The predicted molar refractivity (Wildman–Crippen MR) is 79.1 cm³/mol. The van der Waals surface area contributed by atoms with Crippen LogP contribution in [0.4, 0.5) is 0 Å². The first-order valence-corrected chi connectivity index (χ1v) is 7.45. The number of benzene rings is 1. The second-order valence-electron chi connectivity index (χ2n) is 6.21. The largest absolute Gasteiger partial charge is 0.316 e. The molecule has 18 heavy (non-hydrogen) atoms. The van der Waals surface area contributed by atoms with Crippen LogP contribution in [0.3, 0.4) is 0 Å². The van der Waals surface area contributed by atoms with E-state index in [0.717, 1.165) is 6.54 Å². The first-order chi connectivity index (χ1) is 8.65. The van der Waals surface area contributed by atoms with E-state index in [1.807, 2.05) is 0 Å². The van der Waals surface area contributed by atoms with Crippen LogP contribution in [-0.4, -0.2) is 13.1 Å². The maximum Gasteiger partial charge on any atom is 0.00109 e. The van der Waals surface area contributed by atoms with Crippen molar-refractivity contribution in [3.05, 3.63) is 35.4 Å². The maximum atomic E-state index is 3.54. The number of hydrogen-bond donors (Lipinski definition) is 1. The Bertz CT molecular complexity index is 360. The Kier molecular flexibility index (Phi) is 4.45. The molecule has 0 radical (unpaired) electrons. The van der Waals surface area contributed by atoms with Crippen molar-refractivity contribution >= 4 is 0 Å². The molecule has 1 N–H and O–H groups in total. The molecule has 0 spiro atoms. The fraction of sp³-hybridized carbons (Fsp3) is 0.647. The third-order valence-electron chi connectivity index (χ3n) is 4.39. The molecule has 0 heterocycles. The topological polar surface area (TPSA) is 12.0 Å². The van der Waals surface area contributed by atoms with Gasteiger partial charge in [-0.1, -0.05) is 51.5 Å². The second-order valence-corrected chi connectivity index (χ2v) is 6.21. The lowest BCUT2D eigenvalue weighted by Crippen LogP contribution is -2.41. The first-order valence-electron chi connectivity index (χ1n) is 7.45. The molecule has 0 aromatic heterocycles. The van der Waals surface area contributed by atoms with E-state index >= 15 is 0 Å². The van der Waals surface area contributed by atoms with Crippen LogP contribution in [0.5, 0.6) is 0 Å². The minimum absolute atomic E-state index is 0.551. The second kappa shape index (κ2) is 5.88. The molecule has 100 valence electrons. The van der Waals surface area contributed by atoms with Crippen LogP contribution in [0.25, 0.3) is 0 Å². The van der Waals surface area contributed by atoms with Crippen molar-refractivity contribution in [1.82, 2.24) is 5.32 Å². The molecule has 1 aromatic rings. The molecule has 0 atom stereocenters. The minimum Gasteiger partial charge on any atom is -0.316 e. The molecule has 1 nitrogen and oxygen atoms in total. The number of nitrogens with one attached hydrogen (secondary N) is 1. The van der Waals surface area contributed by atoms with Gasteiger partial charge in [0.05, 0.1) is 0 Å². The lowest BCUT2D eigenvalue weighted by Gasteiger charge is -2.42. The van der Waals surface area contributed by atoms with Gasteiger partial charge in [0.25, 0.3) is 0 Å². The number of hydrogen-bond acceptors (Lipinski definition) is 1. The predicted octanol–water partition coefficient (Wildman–Crippen LogP) is 4.13. The number of rotatable bonds is 6. The van der Waals surface area contributed by atoms with Crippen molar-refractivity contribution in [2.75, 3.05) is 13.1 Å². The Labute approximate surface area is 112 Å². The molecule has 0 bridgehead atoms. The van der Waals surface area contributed by atoms with E-state index in [1.54, 1.807) is 0 Å². The van der Waals surface area contributed by atoms with Gasteiger partial charge >= 0.3 is 0 Å². The van der Waals surface area contributed by atoms with Crippen molar-refractivity contribution < 1.29 is 0 Å². The monoisotopic (exact) mass is 245 g/mol. The molecule has 1 saturated carbocycles. The molecule has 0 aliphatic heterocycles. The highest BCUT2D eigenvalue weighted by Crippen LogP contribution is 2.43. The van der Waals surface area contributed by atoms with Crippen molar-refractivity contribution in [3.8, 4) is 0 Å². The zero-order valence-electron chi connectivity index (χ0n) is 12.1. The van der Waals surface area contributed by atoms with Crippen LogP contribution in [-0.2, 0) is 6.42 Å². The molecule has 2 rings (SSSR count). The van der Waals surface area contributed by atoms with Crippen molar-refractivity contribution in [2.45, 2.75) is 52.4 Å². The Hall–Kier alpha value is -0.820. The fourth-order valence-electron chi connectivity index (χ4n) is 2.94. The molecule has 0 unspecified atom stereocenters. The van der Waals surface area contributed by atoms with E-state index in [9.17, 15) is 0 Å². The summed E-state index contributed by atoms with van der Waals surface area (Å²) in [5, 5.41) is 3.54. The van der Waals surface area contributed by atoms with E-state index in [-0.39, 0.29) is 0 Å². The van der Waals surface area contributed by atoms with Crippen LogP contribution in [0.2, 0.25) is 0 Å². The van der Waals surface area contributed by atoms with Gasteiger partial charge in [0.2, 0.25) is 0 Å². The molecule has 1 fully saturated rings. The third kappa shape index (κ3) is 3.14. The zero-order chi connectivity index (χ0) is 13.0. The van der Waals surface area contributed by atoms with Crippen LogP contribution < -0.4 is 5.32 Å². The Morgan fingerprint density at radius 3 is 2.28 bits per heavy atom. The van der Waals surface area contributed by atoms with Gasteiger partial charge < -0.3 is 5.32 Å². The molecule has 1 heteroatoms. The standard InChI is InChI=1S/C17H27N/c1-4-18-13-17(10-5-11-17)12-15-6-8-16(9-7-15)14(2)3/h6-9,14,18H,4-5,10-13H2,1-3H3. The maximum absolute atomic E-state index is 3.54. The average Bonchev–Trinajstić information content (AvgIpc) is 2.33. The molecular weight excluding hydrogens is 218 g/mol. The van der Waals surface area contributed by atoms with E-state index in [2.05, 4.69) is 50.4 Å². The van der Waals surface area contributed by atoms with E-state index in [0.29, 0.717) is 11.3 Å². The average molecular weight is 245 g/mol. The SMILES string of the molecule is CCNCC1(Cc2ccc(C(C)C)cc2)CCC1. The summed E-state index contributed by atoms with van der Waals surface area (Å²) in [4.78, 5) is 0. The molecule has 1 aromatic carbocycles. The summed E-state index contributed by atoms with van der Waals surface area (Å²) in [5.74, 6) is 0.637. The summed E-state index contributed by atoms with van der Waals surface area (Å²) in [6.45, 7) is 8.99. The Balaban J connectivity index is 1.99. The van der Waals surface area contributed by atoms with Crippen molar-refractivity contribution in [3.63, 3.8) is 0 Å². The zero-order valence-corrected chi connectivity index (χ0v) is 12.1. The summed E-state index contributed by atoms with van der Waals surface area (Å²) in [7, 11) is 0. The Morgan fingerprint density at radius 2 is 1.83 bits per heavy atom.